The van der Waals surface area contributed by atoms with Gasteiger partial charge in [0.25, 0.3) is 5.91 Å². The summed E-state index contributed by atoms with van der Waals surface area (Å²) in [7, 11) is 0. The molecular formula is C19H23N5O3. The van der Waals surface area contributed by atoms with Crippen LogP contribution in [0.15, 0.2) is 18.2 Å². The number of carbonyl (C=O) groups is 2. The first-order valence-corrected chi connectivity index (χ1v) is 9.67. The number of amides is 2. The first-order valence-electron chi connectivity index (χ1n) is 9.67. The summed E-state index contributed by atoms with van der Waals surface area (Å²) < 4.78 is 0. The second-order valence-corrected chi connectivity index (χ2v) is 8.00. The predicted molar refractivity (Wildman–Crippen MR) is 96.7 cm³/mol. The van der Waals surface area contributed by atoms with Crippen LogP contribution in [-0.2, 0) is 4.79 Å². The van der Waals surface area contributed by atoms with E-state index in [1.807, 2.05) is 9.80 Å². The molecule has 8 heteroatoms. The molecule has 3 fully saturated rings. The van der Waals surface area contributed by atoms with Crippen LogP contribution in [0.2, 0.25) is 0 Å². The monoisotopic (exact) mass is 369 g/mol. The maximum absolute atomic E-state index is 13.1. The van der Waals surface area contributed by atoms with Gasteiger partial charge in [-0.2, -0.15) is 15.4 Å². The molecule has 2 aromatic rings. The van der Waals surface area contributed by atoms with E-state index < -0.39 is 0 Å². The number of aliphatic hydroxyl groups is 1. The maximum Gasteiger partial charge on any atom is 0.253 e. The Labute approximate surface area is 156 Å². The van der Waals surface area contributed by atoms with Crippen LogP contribution < -0.4 is 0 Å². The average Bonchev–Trinajstić information content (AvgIpc) is 3.16. The average molecular weight is 369 g/mol. The Kier molecular flexibility index (Phi) is 3.89. The van der Waals surface area contributed by atoms with Gasteiger partial charge in [0, 0.05) is 31.1 Å². The molecule has 2 amide bonds. The fraction of sp³-hybridized carbons (Fsp3) is 0.579. The minimum absolute atomic E-state index is 0.0122. The molecule has 4 atom stereocenters. The number of rotatable bonds is 2. The number of aromatic amines is 1. The van der Waals surface area contributed by atoms with Gasteiger partial charge in [0.15, 0.2) is 0 Å². The van der Waals surface area contributed by atoms with Gasteiger partial charge in [-0.3, -0.25) is 9.59 Å². The van der Waals surface area contributed by atoms with E-state index in [1.165, 1.54) is 0 Å². The van der Waals surface area contributed by atoms with Crippen LogP contribution in [0.4, 0.5) is 0 Å². The fourth-order valence-corrected chi connectivity index (χ4v) is 5.33. The number of H-pyrrole nitrogens is 1. The number of hydrogen-bond donors (Lipinski definition) is 2. The molecule has 0 radical (unpaired) electrons. The zero-order chi connectivity index (χ0) is 18.5. The highest BCUT2D eigenvalue weighted by Gasteiger charge is 2.49. The molecule has 1 aromatic carbocycles. The van der Waals surface area contributed by atoms with Crippen molar-refractivity contribution >= 4 is 22.8 Å². The number of fused-ring (bicyclic) bond motifs is 5. The molecule has 2 N–H and O–H groups in total. The molecule has 2 bridgehead atoms. The number of piperidine rings is 3. The third-order valence-corrected chi connectivity index (χ3v) is 6.53. The number of likely N-dealkylation sites (tertiary alicyclic amines) is 1. The summed E-state index contributed by atoms with van der Waals surface area (Å²) in [5.41, 5.74) is 2.02. The Morgan fingerprint density at radius 2 is 2.04 bits per heavy atom. The molecule has 1 aromatic heterocycles. The van der Waals surface area contributed by atoms with Crippen molar-refractivity contribution in [2.45, 2.75) is 37.8 Å². The number of nitrogens with zero attached hydrogens (tertiary/aromatic N) is 4. The summed E-state index contributed by atoms with van der Waals surface area (Å²) >= 11 is 0. The second kappa shape index (κ2) is 6.30. The molecular weight excluding hydrogens is 346 g/mol. The van der Waals surface area contributed by atoms with Gasteiger partial charge in [0.05, 0.1) is 12.6 Å². The number of benzene rings is 1. The van der Waals surface area contributed by atoms with E-state index in [9.17, 15) is 14.7 Å². The fourth-order valence-electron chi connectivity index (χ4n) is 5.33. The van der Waals surface area contributed by atoms with Crippen molar-refractivity contribution in [3.05, 3.63) is 23.8 Å². The number of aromatic nitrogens is 3. The van der Waals surface area contributed by atoms with Crippen molar-refractivity contribution in [1.82, 2.24) is 25.2 Å². The molecule has 3 aliphatic rings. The lowest BCUT2D eigenvalue weighted by Gasteiger charge is -2.56. The first-order chi connectivity index (χ1) is 13.2. The minimum Gasteiger partial charge on any atom is -0.394 e. The van der Waals surface area contributed by atoms with E-state index in [2.05, 4.69) is 15.4 Å². The van der Waals surface area contributed by atoms with Crippen molar-refractivity contribution in [2.75, 3.05) is 19.7 Å². The Morgan fingerprint density at radius 3 is 2.89 bits per heavy atom. The highest BCUT2D eigenvalue weighted by molar-refractivity contribution is 5.97. The standard InChI is InChI=1S/C19H23N5O3/c25-10-17-13-6-12(16-2-1-3-18(26)24(16)17)8-23(9-13)19(27)11-4-5-14-15(7-11)21-22-20-14/h4-5,7,12-13,16-17,25H,1-3,6,8-10H2,(H,20,21,22)/t12-,13+,16+,17+/m1/s1. The summed E-state index contributed by atoms with van der Waals surface area (Å²) in [5.74, 6) is 0.570. The largest absolute Gasteiger partial charge is 0.394 e. The summed E-state index contributed by atoms with van der Waals surface area (Å²) in [6.45, 7) is 1.21. The smallest absolute Gasteiger partial charge is 0.253 e. The van der Waals surface area contributed by atoms with Gasteiger partial charge in [0.2, 0.25) is 5.91 Å². The lowest BCUT2D eigenvalue weighted by atomic mass is 9.72. The van der Waals surface area contributed by atoms with E-state index >= 15 is 0 Å². The summed E-state index contributed by atoms with van der Waals surface area (Å²) in [6, 6.07) is 5.33. The zero-order valence-electron chi connectivity index (χ0n) is 15.0. The topological polar surface area (TPSA) is 102 Å². The quantitative estimate of drug-likeness (QED) is 0.815. The van der Waals surface area contributed by atoms with E-state index in [1.54, 1.807) is 18.2 Å². The van der Waals surface area contributed by atoms with Gasteiger partial charge >= 0.3 is 0 Å². The van der Waals surface area contributed by atoms with Crippen LogP contribution in [0.5, 0.6) is 0 Å². The molecule has 0 spiro atoms. The van der Waals surface area contributed by atoms with Crippen LogP contribution in [0.25, 0.3) is 11.0 Å². The highest BCUT2D eigenvalue weighted by atomic mass is 16.3. The summed E-state index contributed by atoms with van der Waals surface area (Å²) in [6.07, 6.45) is 3.42. The van der Waals surface area contributed by atoms with Gasteiger partial charge in [-0.05, 0) is 49.3 Å². The van der Waals surface area contributed by atoms with Gasteiger partial charge < -0.3 is 14.9 Å². The van der Waals surface area contributed by atoms with Crippen molar-refractivity contribution in [3.63, 3.8) is 0 Å². The predicted octanol–water partition coefficient (Wildman–Crippen LogP) is 0.792. The van der Waals surface area contributed by atoms with Gasteiger partial charge in [-0.15, -0.1) is 0 Å². The number of carbonyl (C=O) groups excluding carboxylic acids is 2. The SMILES string of the molecule is O=C(c1ccc2n[nH]nc2c1)N1C[C@H]2C[C@@H](C1)[C@H](CO)N1C(=O)CCC[C@@H]21. The third-order valence-electron chi connectivity index (χ3n) is 6.53. The van der Waals surface area contributed by atoms with Crippen LogP contribution in [-0.4, -0.2) is 73.9 Å². The molecule has 27 heavy (non-hydrogen) atoms. The Morgan fingerprint density at radius 1 is 1.22 bits per heavy atom. The van der Waals surface area contributed by atoms with Crippen molar-refractivity contribution < 1.29 is 14.7 Å². The molecule has 5 rings (SSSR count). The Balaban J connectivity index is 1.42. The molecule has 142 valence electrons. The minimum atomic E-state index is -0.173. The first kappa shape index (κ1) is 16.7. The lowest BCUT2D eigenvalue weighted by molar-refractivity contribution is -0.154. The second-order valence-electron chi connectivity index (χ2n) is 8.00. The Bertz CT molecular complexity index is 882. The molecule has 0 saturated carbocycles. The van der Waals surface area contributed by atoms with Gasteiger partial charge in [-0.1, -0.05) is 0 Å². The number of aliphatic hydroxyl groups excluding tert-OH is 1. The molecule has 0 aliphatic carbocycles. The van der Waals surface area contributed by atoms with E-state index in [0.717, 1.165) is 24.8 Å². The van der Waals surface area contributed by atoms with Crippen molar-refractivity contribution in [3.8, 4) is 0 Å². The van der Waals surface area contributed by atoms with Gasteiger partial charge in [0.1, 0.15) is 11.0 Å². The maximum atomic E-state index is 13.1. The summed E-state index contributed by atoms with van der Waals surface area (Å²) in [5, 5.41) is 20.6. The zero-order valence-corrected chi connectivity index (χ0v) is 15.0. The van der Waals surface area contributed by atoms with E-state index in [0.29, 0.717) is 30.6 Å². The number of nitrogens with one attached hydrogen (secondary N) is 1. The van der Waals surface area contributed by atoms with E-state index in [-0.39, 0.29) is 42.3 Å². The van der Waals surface area contributed by atoms with Crippen molar-refractivity contribution in [1.29, 1.82) is 0 Å². The highest BCUT2D eigenvalue weighted by Crippen LogP contribution is 2.41. The molecule has 8 nitrogen and oxygen atoms in total. The van der Waals surface area contributed by atoms with Crippen LogP contribution in [0, 0.1) is 11.8 Å². The van der Waals surface area contributed by atoms with Crippen LogP contribution in [0.3, 0.4) is 0 Å². The summed E-state index contributed by atoms with van der Waals surface area (Å²) in [4.78, 5) is 29.5. The normalized spacial score (nSPS) is 30.5. The number of hydrogen-bond acceptors (Lipinski definition) is 5. The molecule has 0 unspecified atom stereocenters. The molecule has 3 saturated heterocycles. The van der Waals surface area contributed by atoms with Gasteiger partial charge in [-0.25, -0.2) is 0 Å². The van der Waals surface area contributed by atoms with E-state index in [4.69, 9.17) is 0 Å². The molecule has 3 aliphatic heterocycles. The van der Waals surface area contributed by atoms with Crippen LogP contribution in [0.1, 0.15) is 36.0 Å². The third kappa shape index (κ3) is 2.62. The Hall–Kier alpha value is -2.48. The van der Waals surface area contributed by atoms with Crippen molar-refractivity contribution in [2.24, 2.45) is 11.8 Å². The van der Waals surface area contributed by atoms with Crippen LogP contribution >= 0.6 is 0 Å². The molecule has 4 heterocycles. The lowest BCUT2D eigenvalue weighted by Crippen LogP contribution is -2.66.